The van der Waals surface area contributed by atoms with Gasteiger partial charge in [-0.05, 0) is 63.6 Å². The van der Waals surface area contributed by atoms with E-state index in [1.54, 1.807) is 0 Å². The van der Waals surface area contributed by atoms with Crippen molar-refractivity contribution < 1.29 is 4.79 Å². The lowest BCUT2D eigenvalue weighted by atomic mass is 9.97. The summed E-state index contributed by atoms with van der Waals surface area (Å²) in [6.07, 6.45) is 3.62. The Balaban J connectivity index is 0.00000364. The number of likely N-dealkylation sites (tertiary alicyclic amines) is 1. The van der Waals surface area contributed by atoms with Crippen molar-refractivity contribution in [3.8, 4) is 0 Å². The molecule has 0 unspecified atom stereocenters. The lowest BCUT2D eigenvalue weighted by Gasteiger charge is -2.16. The van der Waals surface area contributed by atoms with Crippen molar-refractivity contribution in [3.05, 3.63) is 34.4 Å². The van der Waals surface area contributed by atoms with Crippen LogP contribution in [0.2, 0.25) is 0 Å². The van der Waals surface area contributed by atoms with Crippen molar-refractivity contribution in [1.82, 2.24) is 15.5 Å². The van der Waals surface area contributed by atoms with Gasteiger partial charge >= 0.3 is 0 Å². The molecule has 27 heavy (non-hydrogen) atoms. The molecule has 0 atom stereocenters. The van der Waals surface area contributed by atoms with Crippen molar-refractivity contribution in [3.63, 3.8) is 0 Å². The monoisotopic (exact) mass is 486 g/mol. The minimum Gasteiger partial charge on any atom is -0.357 e. The lowest BCUT2D eigenvalue weighted by molar-refractivity contribution is -0.127. The smallest absolute Gasteiger partial charge is 0.222 e. The maximum absolute atomic E-state index is 11.6. The Morgan fingerprint density at radius 1 is 1.19 bits per heavy atom. The van der Waals surface area contributed by atoms with Crippen LogP contribution >= 0.6 is 24.0 Å². The molecule has 0 radical (unpaired) electrons. The summed E-state index contributed by atoms with van der Waals surface area (Å²) in [5.41, 5.74) is 5.47. The van der Waals surface area contributed by atoms with E-state index in [2.05, 4.69) is 55.5 Å². The molecular weight excluding hydrogens is 451 g/mol. The molecule has 1 fully saturated rings. The average molecular weight is 486 g/mol. The molecule has 0 saturated carbocycles. The minimum atomic E-state index is 0. The third-order valence-corrected chi connectivity index (χ3v) is 4.88. The molecule has 1 aromatic carbocycles. The minimum absolute atomic E-state index is 0. The Labute approximate surface area is 181 Å². The van der Waals surface area contributed by atoms with Gasteiger partial charge in [0.2, 0.25) is 5.91 Å². The Kier molecular flexibility index (Phi) is 10.7. The molecule has 152 valence electrons. The molecule has 0 spiro atoms. The van der Waals surface area contributed by atoms with Crippen LogP contribution in [-0.2, 0) is 11.2 Å². The third-order valence-electron chi connectivity index (χ3n) is 4.88. The van der Waals surface area contributed by atoms with Crippen LogP contribution in [-0.4, -0.2) is 49.5 Å². The SMILES string of the molecule is CCNC(=NCCCN1CCCC1=O)NCCc1c(C)cc(C)cc1C.I. The van der Waals surface area contributed by atoms with Gasteiger partial charge in [0.15, 0.2) is 5.96 Å². The highest BCUT2D eigenvalue weighted by atomic mass is 127. The largest absolute Gasteiger partial charge is 0.357 e. The number of carbonyl (C=O) groups excluding carboxylic acids is 1. The van der Waals surface area contributed by atoms with Gasteiger partial charge in [-0.2, -0.15) is 0 Å². The topological polar surface area (TPSA) is 56.7 Å². The van der Waals surface area contributed by atoms with Gasteiger partial charge < -0.3 is 15.5 Å². The molecule has 0 bridgehead atoms. The van der Waals surface area contributed by atoms with E-state index in [0.717, 1.165) is 57.9 Å². The van der Waals surface area contributed by atoms with Crippen molar-refractivity contribution >= 4 is 35.8 Å². The van der Waals surface area contributed by atoms with E-state index >= 15 is 0 Å². The van der Waals surface area contributed by atoms with E-state index in [-0.39, 0.29) is 24.0 Å². The third kappa shape index (κ3) is 7.68. The predicted molar refractivity (Wildman–Crippen MR) is 124 cm³/mol. The van der Waals surface area contributed by atoms with E-state index in [9.17, 15) is 4.79 Å². The summed E-state index contributed by atoms with van der Waals surface area (Å²) in [4.78, 5) is 18.2. The molecule has 1 aliphatic heterocycles. The quantitative estimate of drug-likeness (QED) is 0.257. The first-order valence-corrected chi connectivity index (χ1v) is 9.88. The van der Waals surface area contributed by atoms with Gasteiger partial charge in [-0.25, -0.2) is 0 Å². The zero-order valence-electron chi connectivity index (χ0n) is 17.2. The van der Waals surface area contributed by atoms with Gasteiger partial charge in [-0.3, -0.25) is 9.79 Å². The number of rotatable bonds is 8. The van der Waals surface area contributed by atoms with Crippen LogP contribution in [0.1, 0.15) is 48.4 Å². The molecule has 2 rings (SSSR count). The van der Waals surface area contributed by atoms with Crippen LogP contribution in [0.25, 0.3) is 0 Å². The summed E-state index contributed by atoms with van der Waals surface area (Å²) in [7, 11) is 0. The van der Waals surface area contributed by atoms with Gasteiger partial charge in [-0.15, -0.1) is 24.0 Å². The summed E-state index contributed by atoms with van der Waals surface area (Å²) in [6, 6.07) is 4.50. The van der Waals surface area contributed by atoms with Crippen molar-refractivity contribution in [1.29, 1.82) is 0 Å². The molecule has 6 heteroatoms. The number of halogens is 1. The second-order valence-corrected chi connectivity index (χ2v) is 7.15. The summed E-state index contributed by atoms with van der Waals surface area (Å²) in [6.45, 7) is 12.8. The second kappa shape index (κ2) is 12.2. The highest BCUT2D eigenvalue weighted by Crippen LogP contribution is 2.16. The number of amides is 1. The molecule has 1 saturated heterocycles. The Morgan fingerprint density at radius 3 is 2.48 bits per heavy atom. The summed E-state index contributed by atoms with van der Waals surface area (Å²) < 4.78 is 0. The molecule has 5 nitrogen and oxygen atoms in total. The first kappa shape index (κ1) is 23.7. The predicted octanol–water partition coefficient (Wildman–Crippen LogP) is 3.34. The zero-order chi connectivity index (χ0) is 18.9. The Bertz CT molecular complexity index is 622. The molecule has 1 heterocycles. The number of hydrogen-bond acceptors (Lipinski definition) is 2. The summed E-state index contributed by atoms with van der Waals surface area (Å²) in [5.74, 6) is 1.16. The molecule has 0 aromatic heterocycles. The fraction of sp³-hybridized carbons (Fsp3) is 0.619. The maximum Gasteiger partial charge on any atom is 0.222 e. The van der Waals surface area contributed by atoms with E-state index in [4.69, 9.17) is 0 Å². The molecular formula is C21H35IN4O. The van der Waals surface area contributed by atoms with Crippen LogP contribution in [0.5, 0.6) is 0 Å². The first-order valence-electron chi connectivity index (χ1n) is 9.88. The molecule has 1 aromatic rings. The van der Waals surface area contributed by atoms with Crippen molar-refractivity contribution in [2.24, 2.45) is 4.99 Å². The van der Waals surface area contributed by atoms with Gasteiger partial charge in [0.05, 0.1) is 0 Å². The fourth-order valence-electron chi connectivity index (χ4n) is 3.64. The molecule has 2 N–H and O–H groups in total. The van der Waals surface area contributed by atoms with Crippen LogP contribution in [0.15, 0.2) is 17.1 Å². The number of hydrogen-bond donors (Lipinski definition) is 2. The number of nitrogens with zero attached hydrogens (tertiary/aromatic N) is 2. The van der Waals surface area contributed by atoms with E-state index in [1.165, 1.54) is 22.3 Å². The van der Waals surface area contributed by atoms with Gasteiger partial charge in [0.1, 0.15) is 0 Å². The van der Waals surface area contributed by atoms with Crippen LogP contribution < -0.4 is 10.6 Å². The first-order chi connectivity index (χ1) is 12.5. The van der Waals surface area contributed by atoms with Crippen LogP contribution in [0.4, 0.5) is 0 Å². The van der Waals surface area contributed by atoms with Crippen molar-refractivity contribution in [2.75, 3.05) is 32.7 Å². The lowest BCUT2D eigenvalue weighted by Crippen LogP contribution is -2.38. The molecule has 0 aliphatic carbocycles. The number of carbonyl (C=O) groups is 1. The van der Waals surface area contributed by atoms with Gasteiger partial charge in [-0.1, -0.05) is 17.7 Å². The Hall–Kier alpha value is -1.31. The van der Waals surface area contributed by atoms with Gasteiger partial charge in [0.25, 0.3) is 0 Å². The van der Waals surface area contributed by atoms with Crippen molar-refractivity contribution in [2.45, 2.75) is 53.4 Å². The summed E-state index contributed by atoms with van der Waals surface area (Å²) >= 11 is 0. The fourth-order valence-corrected chi connectivity index (χ4v) is 3.64. The number of benzene rings is 1. The normalized spacial score (nSPS) is 14.3. The second-order valence-electron chi connectivity index (χ2n) is 7.15. The van der Waals surface area contributed by atoms with Crippen LogP contribution in [0.3, 0.4) is 0 Å². The average Bonchev–Trinajstić information content (AvgIpc) is 2.98. The summed E-state index contributed by atoms with van der Waals surface area (Å²) in [5, 5.41) is 6.74. The molecule has 1 amide bonds. The highest BCUT2D eigenvalue weighted by Gasteiger charge is 2.18. The number of aliphatic imine (C=N–C) groups is 1. The van der Waals surface area contributed by atoms with Crippen LogP contribution in [0, 0.1) is 20.8 Å². The number of guanidine groups is 1. The van der Waals surface area contributed by atoms with E-state index < -0.39 is 0 Å². The number of aryl methyl sites for hydroxylation is 3. The number of nitrogens with one attached hydrogen (secondary N) is 2. The van der Waals surface area contributed by atoms with E-state index in [1.807, 2.05) is 4.90 Å². The zero-order valence-corrected chi connectivity index (χ0v) is 19.6. The standard InChI is InChI=1S/C21H34N4O.HI/c1-5-22-21(23-10-7-13-25-12-6-8-20(25)26)24-11-9-19-17(3)14-16(2)15-18(19)4;/h14-15H,5-13H2,1-4H3,(H2,22,23,24);1H. The maximum atomic E-state index is 11.6. The Morgan fingerprint density at radius 2 is 1.89 bits per heavy atom. The van der Waals surface area contributed by atoms with E-state index in [0.29, 0.717) is 12.3 Å². The molecule has 1 aliphatic rings. The van der Waals surface area contributed by atoms with Gasteiger partial charge in [0, 0.05) is 39.1 Å². The highest BCUT2D eigenvalue weighted by molar-refractivity contribution is 14.0.